The summed E-state index contributed by atoms with van der Waals surface area (Å²) in [6.45, 7) is 0. The summed E-state index contributed by atoms with van der Waals surface area (Å²) in [6.07, 6.45) is 0. The summed E-state index contributed by atoms with van der Waals surface area (Å²) in [6, 6.07) is 4.03. The minimum absolute atomic E-state index is 0.0236. The van der Waals surface area contributed by atoms with E-state index in [0.717, 1.165) is 18.7 Å². The molecule has 2 aromatic heterocycles. The molecule has 0 saturated heterocycles. The summed E-state index contributed by atoms with van der Waals surface area (Å²) >= 11 is 3.36. The molecule has 106 valence electrons. The molecule has 0 atom stereocenters. The second kappa shape index (κ2) is 7.41. The van der Waals surface area contributed by atoms with Gasteiger partial charge in [-0.2, -0.15) is 0 Å². The summed E-state index contributed by atoms with van der Waals surface area (Å²) in [5.41, 5.74) is 0. The van der Waals surface area contributed by atoms with Gasteiger partial charge in [0.2, 0.25) is 0 Å². The molecule has 2 heterocycles. The number of hydrogen-bond donors (Lipinski definition) is 2. The Hall–Kier alpha value is -0.621. The van der Waals surface area contributed by atoms with E-state index in [9.17, 15) is 9.59 Å². The van der Waals surface area contributed by atoms with Gasteiger partial charge in [0.05, 0.1) is 0 Å². The van der Waals surface area contributed by atoms with Crippen molar-refractivity contribution in [2.24, 2.45) is 0 Å². The number of thiophene rings is 2. The van der Waals surface area contributed by atoms with Crippen LogP contribution in [0, 0.1) is 0 Å². The molecule has 0 aliphatic rings. The van der Waals surface area contributed by atoms with Gasteiger partial charge in [-0.1, -0.05) is 0 Å². The Morgan fingerprint density at radius 1 is 0.900 bits per heavy atom. The van der Waals surface area contributed by atoms with Crippen LogP contribution < -0.4 is 19.6 Å². The number of amides is 2. The average molecular weight is 438 g/mol. The first-order valence-corrected chi connectivity index (χ1v) is 13.4. The molecule has 2 rings (SSSR count). The van der Waals surface area contributed by atoms with Crippen LogP contribution in [0.15, 0.2) is 22.9 Å². The molecule has 4 nitrogen and oxygen atoms in total. The van der Waals surface area contributed by atoms with Crippen molar-refractivity contribution in [3.8, 4) is 0 Å². The van der Waals surface area contributed by atoms with E-state index in [1.54, 1.807) is 14.1 Å². The molecule has 20 heavy (non-hydrogen) atoms. The summed E-state index contributed by atoms with van der Waals surface area (Å²) in [7, 11) is 3.29. The third-order valence-corrected chi connectivity index (χ3v) is 11.9. The van der Waals surface area contributed by atoms with Gasteiger partial charge in [-0.15, -0.1) is 0 Å². The van der Waals surface area contributed by atoms with E-state index in [0.29, 0.717) is 0 Å². The first kappa shape index (κ1) is 15.8. The molecule has 8 heteroatoms. The van der Waals surface area contributed by atoms with Crippen LogP contribution in [0.25, 0.3) is 0 Å². The standard InChI is InChI=1S/C12H12N2O2S2Se2/c1-13-11(15)9-7(3-5-17-9)19-20-8-4-6-18-10(8)12(16)14-2/h3-6H,1-2H3,(H,13,15)(H,14,16). The Morgan fingerprint density at radius 2 is 1.30 bits per heavy atom. The van der Waals surface area contributed by atoms with Crippen molar-refractivity contribution in [2.45, 2.75) is 0 Å². The van der Waals surface area contributed by atoms with Crippen molar-refractivity contribution in [2.75, 3.05) is 14.1 Å². The van der Waals surface area contributed by atoms with E-state index in [2.05, 4.69) is 10.6 Å². The zero-order valence-corrected chi connectivity index (χ0v) is 15.8. The van der Waals surface area contributed by atoms with E-state index >= 15 is 0 Å². The molecule has 0 aliphatic carbocycles. The van der Waals surface area contributed by atoms with Crippen molar-refractivity contribution < 1.29 is 9.59 Å². The quantitative estimate of drug-likeness (QED) is 0.636. The minimum atomic E-state index is -0.0236. The molecule has 0 spiro atoms. The van der Waals surface area contributed by atoms with Crippen LogP contribution in [-0.4, -0.2) is 52.2 Å². The Labute approximate surface area is 136 Å². The Morgan fingerprint density at radius 3 is 1.65 bits per heavy atom. The Kier molecular flexibility index (Phi) is 5.84. The Balaban J connectivity index is 2.10. The maximum atomic E-state index is 11.7. The van der Waals surface area contributed by atoms with E-state index < -0.39 is 0 Å². The fourth-order valence-corrected chi connectivity index (χ4v) is 12.1. The van der Waals surface area contributed by atoms with Gasteiger partial charge in [0.1, 0.15) is 0 Å². The van der Waals surface area contributed by atoms with Crippen LogP contribution in [0.2, 0.25) is 0 Å². The van der Waals surface area contributed by atoms with Gasteiger partial charge in [0.15, 0.2) is 0 Å². The van der Waals surface area contributed by atoms with Gasteiger partial charge in [0, 0.05) is 0 Å². The number of rotatable bonds is 5. The first-order chi connectivity index (χ1) is 9.67. The summed E-state index contributed by atoms with van der Waals surface area (Å²) in [5, 5.41) is 9.23. The van der Waals surface area contributed by atoms with Crippen LogP contribution in [0.1, 0.15) is 19.3 Å². The SMILES string of the molecule is CNC(=O)c1sccc1[Se][Se]c1ccsc1C(=O)NC. The van der Waals surface area contributed by atoms with E-state index in [4.69, 9.17) is 0 Å². The summed E-state index contributed by atoms with van der Waals surface area (Å²) in [5.74, 6) is -0.0472. The third kappa shape index (κ3) is 3.52. The number of nitrogens with one attached hydrogen (secondary N) is 2. The Bertz CT molecular complexity index is 570. The van der Waals surface area contributed by atoms with Gasteiger partial charge in [0.25, 0.3) is 0 Å². The van der Waals surface area contributed by atoms with Crippen molar-refractivity contribution in [3.63, 3.8) is 0 Å². The molecule has 0 aromatic carbocycles. The maximum absolute atomic E-state index is 11.7. The predicted molar refractivity (Wildman–Crippen MR) is 86.2 cm³/mol. The second-order valence-electron chi connectivity index (χ2n) is 3.55. The molecule has 2 N–H and O–H groups in total. The van der Waals surface area contributed by atoms with Gasteiger partial charge < -0.3 is 0 Å². The van der Waals surface area contributed by atoms with Gasteiger partial charge >= 0.3 is 137 Å². The molecule has 2 amide bonds. The van der Waals surface area contributed by atoms with Crippen LogP contribution in [0.5, 0.6) is 0 Å². The summed E-state index contributed by atoms with van der Waals surface area (Å²) < 4.78 is 2.24. The molecule has 0 unspecified atom stereocenters. The van der Waals surface area contributed by atoms with Crippen LogP contribution in [0.3, 0.4) is 0 Å². The zero-order chi connectivity index (χ0) is 14.5. The van der Waals surface area contributed by atoms with Crippen LogP contribution in [0.4, 0.5) is 0 Å². The topological polar surface area (TPSA) is 58.2 Å². The molecule has 0 fully saturated rings. The van der Waals surface area contributed by atoms with Crippen molar-refractivity contribution >= 4 is 69.7 Å². The monoisotopic (exact) mass is 440 g/mol. The number of hydrogen-bond acceptors (Lipinski definition) is 4. The van der Waals surface area contributed by atoms with Gasteiger partial charge in [-0.05, 0) is 0 Å². The van der Waals surface area contributed by atoms with Crippen LogP contribution in [-0.2, 0) is 0 Å². The second-order valence-corrected chi connectivity index (χ2v) is 11.6. The molecule has 0 saturated carbocycles. The van der Waals surface area contributed by atoms with Crippen molar-refractivity contribution in [1.29, 1.82) is 0 Å². The molecule has 0 bridgehead atoms. The number of carbonyl (C=O) groups is 2. The number of carbonyl (C=O) groups excluding carboxylic acids is 2. The molecular formula is C12H12N2O2S2Se2. The molecule has 2 aromatic rings. The average Bonchev–Trinajstić information content (AvgIpc) is 3.11. The van der Waals surface area contributed by atoms with E-state index in [-0.39, 0.29) is 38.1 Å². The zero-order valence-electron chi connectivity index (χ0n) is 10.8. The molecule has 0 aliphatic heterocycles. The van der Waals surface area contributed by atoms with Crippen molar-refractivity contribution in [3.05, 3.63) is 32.6 Å². The fraction of sp³-hybridized carbons (Fsp3) is 0.167. The van der Waals surface area contributed by atoms with Gasteiger partial charge in [-0.25, -0.2) is 0 Å². The normalized spacial score (nSPS) is 10.3. The van der Waals surface area contributed by atoms with Crippen LogP contribution >= 0.6 is 22.7 Å². The third-order valence-electron chi connectivity index (χ3n) is 2.35. The predicted octanol–water partition coefficient (Wildman–Crippen LogP) is -0.197. The van der Waals surface area contributed by atoms with E-state index in [1.807, 2.05) is 22.9 Å². The summed E-state index contributed by atoms with van der Waals surface area (Å²) in [4.78, 5) is 25.1. The molecular weight excluding hydrogens is 426 g/mol. The fourth-order valence-electron chi connectivity index (χ4n) is 1.37. The molecule has 0 radical (unpaired) electrons. The van der Waals surface area contributed by atoms with E-state index in [1.165, 1.54) is 22.7 Å². The van der Waals surface area contributed by atoms with Gasteiger partial charge in [-0.3, -0.25) is 0 Å². The first-order valence-electron chi connectivity index (χ1n) is 5.61. The van der Waals surface area contributed by atoms with Crippen molar-refractivity contribution in [1.82, 2.24) is 10.6 Å².